The number of benzene rings is 1. The maximum absolute atomic E-state index is 12.9. The highest BCUT2D eigenvalue weighted by Gasteiger charge is 2.25. The SMILES string of the molecule is CCN(c1ccccc1)c1cc(C(=O)N2CCN(C(C)=O)CC2)nc(C)n1. The van der Waals surface area contributed by atoms with Gasteiger partial charge in [-0.15, -0.1) is 0 Å². The molecule has 2 amide bonds. The van der Waals surface area contributed by atoms with Crippen molar-refractivity contribution in [2.75, 3.05) is 37.6 Å². The number of aromatic nitrogens is 2. The van der Waals surface area contributed by atoms with Crippen molar-refractivity contribution < 1.29 is 9.59 Å². The Kier molecular flexibility index (Phi) is 5.69. The highest BCUT2D eigenvalue weighted by Crippen LogP contribution is 2.24. The van der Waals surface area contributed by atoms with E-state index in [1.165, 1.54) is 0 Å². The fraction of sp³-hybridized carbons (Fsp3) is 0.400. The van der Waals surface area contributed by atoms with Crippen LogP contribution in [0.25, 0.3) is 0 Å². The third-order valence-corrected chi connectivity index (χ3v) is 4.72. The molecule has 27 heavy (non-hydrogen) atoms. The molecule has 2 aromatic rings. The Balaban J connectivity index is 1.83. The number of para-hydroxylation sites is 1. The van der Waals surface area contributed by atoms with Gasteiger partial charge < -0.3 is 14.7 Å². The molecule has 3 rings (SSSR count). The van der Waals surface area contributed by atoms with E-state index in [-0.39, 0.29) is 11.8 Å². The molecule has 1 fully saturated rings. The van der Waals surface area contributed by atoms with E-state index in [0.29, 0.717) is 43.5 Å². The Morgan fingerprint density at radius 3 is 2.26 bits per heavy atom. The zero-order chi connectivity index (χ0) is 19.4. The lowest BCUT2D eigenvalue weighted by atomic mass is 10.2. The zero-order valence-electron chi connectivity index (χ0n) is 16.1. The molecular formula is C20H25N5O2. The number of piperazine rings is 1. The molecule has 0 radical (unpaired) electrons. The number of carbonyl (C=O) groups is 2. The van der Waals surface area contributed by atoms with Gasteiger partial charge in [0.2, 0.25) is 5.91 Å². The minimum Gasteiger partial charge on any atom is -0.339 e. The van der Waals surface area contributed by atoms with Crippen molar-refractivity contribution in [3.63, 3.8) is 0 Å². The lowest BCUT2D eigenvalue weighted by Crippen LogP contribution is -2.50. The van der Waals surface area contributed by atoms with Crippen LogP contribution in [0, 0.1) is 6.92 Å². The summed E-state index contributed by atoms with van der Waals surface area (Å²) in [5.74, 6) is 1.20. The molecule has 0 atom stereocenters. The van der Waals surface area contributed by atoms with Crippen LogP contribution in [0.5, 0.6) is 0 Å². The Bertz CT molecular complexity index is 816. The van der Waals surface area contributed by atoms with Gasteiger partial charge in [0.1, 0.15) is 17.3 Å². The summed E-state index contributed by atoms with van der Waals surface area (Å²) in [7, 11) is 0. The summed E-state index contributed by atoms with van der Waals surface area (Å²) in [6.07, 6.45) is 0. The normalized spacial score (nSPS) is 14.2. The molecular weight excluding hydrogens is 342 g/mol. The molecule has 0 bridgehead atoms. The first-order chi connectivity index (χ1) is 13.0. The van der Waals surface area contributed by atoms with Gasteiger partial charge in [0, 0.05) is 51.4 Å². The summed E-state index contributed by atoms with van der Waals surface area (Å²) in [5.41, 5.74) is 1.41. The first-order valence-corrected chi connectivity index (χ1v) is 9.22. The van der Waals surface area contributed by atoms with Crippen LogP contribution < -0.4 is 4.90 Å². The average Bonchev–Trinajstić information content (AvgIpc) is 2.68. The van der Waals surface area contributed by atoms with E-state index in [9.17, 15) is 9.59 Å². The lowest BCUT2D eigenvalue weighted by Gasteiger charge is -2.34. The Labute approximate surface area is 159 Å². The molecule has 0 saturated carbocycles. The van der Waals surface area contributed by atoms with Crippen LogP contribution in [-0.2, 0) is 4.79 Å². The second-order valence-corrected chi connectivity index (χ2v) is 6.54. The van der Waals surface area contributed by atoms with Crippen LogP contribution in [-0.4, -0.2) is 64.3 Å². The van der Waals surface area contributed by atoms with Crippen molar-refractivity contribution in [2.24, 2.45) is 0 Å². The van der Waals surface area contributed by atoms with Gasteiger partial charge in [-0.2, -0.15) is 0 Å². The highest BCUT2D eigenvalue weighted by atomic mass is 16.2. The quantitative estimate of drug-likeness (QED) is 0.829. The first kappa shape index (κ1) is 18.8. The third kappa shape index (κ3) is 4.24. The van der Waals surface area contributed by atoms with Gasteiger partial charge in [0.25, 0.3) is 5.91 Å². The summed E-state index contributed by atoms with van der Waals surface area (Å²) in [6, 6.07) is 11.7. The molecule has 1 aliphatic heterocycles. The van der Waals surface area contributed by atoms with Crippen LogP contribution >= 0.6 is 0 Å². The van der Waals surface area contributed by atoms with Crippen molar-refractivity contribution in [1.82, 2.24) is 19.8 Å². The minimum absolute atomic E-state index is 0.0451. The minimum atomic E-state index is -0.117. The second-order valence-electron chi connectivity index (χ2n) is 6.54. The molecule has 7 heteroatoms. The Morgan fingerprint density at radius 1 is 1.04 bits per heavy atom. The van der Waals surface area contributed by atoms with Crippen molar-refractivity contribution in [1.29, 1.82) is 0 Å². The molecule has 142 valence electrons. The highest BCUT2D eigenvalue weighted by molar-refractivity contribution is 5.93. The smallest absolute Gasteiger partial charge is 0.272 e. The van der Waals surface area contributed by atoms with Gasteiger partial charge in [-0.25, -0.2) is 9.97 Å². The van der Waals surface area contributed by atoms with Gasteiger partial charge >= 0.3 is 0 Å². The van der Waals surface area contributed by atoms with Crippen LogP contribution in [0.2, 0.25) is 0 Å². The number of amides is 2. The van der Waals surface area contributed by atoms with Crippen molar-refractivity contribution in [3.05, 3.63) is 47.9 Å². The molecule has 0 aliphatic carbocycles. The molecule has 2 heterocycles. The number of nitrogens with zero attached hydrogens (tertiary/aromatic N) is 5. The average molecular weight is 367 g/mol. The van der Waals surface area contributed by atoms with Gasteiger partial charge in [0.15, 0.2) is 0 Å². The molecule has 1 aliphatic rings. The van der Waals surface area contributed by atoms with Crippen molar-refractivity contribution in [3.8, 4) is 0 Å². The van der Waals surface area contributed by atoms with Gasteiger partial charge in [0.05, 0.1) is 0 Å². The summed E-state index contributed by atoms with van der Waals surface area (Å²) < 4.78 is 0. The summed E-state index contributed by atoms with van der Waals surface area (Å²) in [5, 5.41) is 0. The molecule has 1 saturated heterocycles. The molecule has 7 nitrogen and oxygen atoms in total. The van der Waals surface area contributed by atoms with Crippen molar-refractivity contribution in [2.45, 2.75) is 20.8 Å². The van der Waals surface area contributed by atoms with E-state index in [0.717, 1.165) is 12.2 Å². The molecule has 0 unspecified atom stereocenters. The summed E-state index contributed by atoms with van der Waals surface area (Å²) in [4.78, 5) is 38.9. The summed E-state index contributed by atoms with van der Waals surface area (Å²) in [6.45, 7) is 8.29. The van der Waals surface area contributed by atoms with E-state index in [4.69, 9.17) is 0 Å². The molecule has 0 spiro atoms. The molecule has 1 aromatic heterocycles. The number of hydrogen-bond donors (Lipinski definition) is 0. The van der Waals surface area contributed by atoms with Gasteiger partial charge in [-0.05, 0) is 26.0 Å². The number of anilines is 2. The van der Waals surface area contributed by atoms with Crippen LogP contribution in [0.3, 0.4) is 0 Å². The van der Waals surface area contributed by atoms with Gasteiger partial charge in [-0.1, -0.05) is 18.2 Å². The first-order valence-electron chi connectivity index (χ1n) is 9.22. The predicted octanol–water partition coefficient (Wildman–Crippen LogP) is 2.25. The number of carbonyl (C=O) groups excluding carboxylic acids is 2. The fourth-order valence-corrected chi connectivity index (χ4v) is 3.27. The van der Waals surface area contributed by atoms with Crippen LogP contribution in [0.4, 0.5) is 11.5 Å². The number of aryl methyl sites for hydroxylation is 1. The van der Waals surface area contributed by atoms with E-state index >= 15 is 0 Å². The maximum Gasteiger partial charge on any atom is 0.272 e. The third-order valence-electron chi connectivity index (χ3n) is 4.72. The Morgan fingerprint density at radius 2 is 1.67 bits per heavy atom. The fourth-order valence-electron chi connectivity index (χ4n) is 3.27. The van der Waals surface area contributed by atoms with E-state index in [2.05, 4.69) is 14.9 Å². The Hall–Kier alpha value is -2.96. The molecule has 1 aromatic carbocycles. The van der Waals surface area contributed by atoms with Gasteiger partial charge in [-0.3, -0.25) is 9.59 Å². The number of hydrogen-bond acceptors (Lipinski definition) is 5. The van der Waals surface area contributed by atoms with E-state index in [1.54, 1.807) is 29.7 Å². The van der Waals surface area contributed by atoms with Crippen LogP contribution in [0.15, 0.2) is 36.4 Å². The number of rotatable bonds is 4. The zero-order valence-corrected chi connectivity index (χ0v) is 16.1. The summed E-state index contributed by atoms with van der Waals surface area (Å²) >= 11 is 0. The largest absolute Gasteiger partial charge is 0.339 e. The lowest BCUT2D eigenvalue weighted by molar-refractivity contribution is -0.130. The van der Waals surface area contributed by atoms with Crippen molar-refractivity contribution >= 4 is 23.3 Å². The predicted molar refractivity (Wildman–Crippen MR) is 104 cm³/mol. The molecule has 0 N–H and O–H groups in total. The second kappa shape index (κ2) is 8.16. The maximum atomic E-state index is 12.9. The van der Waals surface area contributed by atoms with E-state index in [1.807, 2.05) is 37.3 Å². The standard InChI is InChI=1S/C20H25N5O2/c1-4-25(17-8-6-5-7-9-17)19-14-18(21-15(2)22-19)20(27)24-12-10-23(11-13-24)16(3)26/h5-9,14H,4,10-13H2,1-3H3. The monoisotopic (exact) mass is 367 g/mol. The van der Waals surface area contributed by atoms with Crippen LogP contribution in [0.1, 0.15) is 30.2 Å². The van der Waals surface area contributed by atoms with E-state index < -0.39 is 0 Å². The topological polar surface area (TPSA) is 69.6 Å².